The van der Waals surface area contributed by atoms with Crippen molar-refractivity contribution in [1.82, 2.24) is 0 Å². The number of hydrogen-bond donors (Lipinski definition) is 0. The van der Waals surface area contributed by atoms with Crippen LogP contribution in [0.5, 0.6) is 11.5 Å². The molecule has 0 fully saturated rings. The fraction of sp³-hybridized carbons (Fsp3) is 0.357. The summed E-state index contributed by atoms with van der Waals surface area (Å²) in [5.74, 6) is 2.13. The molecular formula is C28H34N2O. The van der Waals surface area contributed by atoms with Crippen LogP contribution >= 0.6 is 0 Å². The van der Waals surface area contributed by atoms with E-state index in [1.165, 1.54) is 33.6 Å². The minimum absolute atomic E-state index is 0.177. The number of fused-ring (bicyclic) bond motifs is 2. The third kappa shape index (κ3) is 3.89. The molecule has 0 amide bonds. The summed E-state index contributed by atoms with van der Waals surface area (Å²) in [7, 11) is 0. The maximum absolute atomic E-state index is 6.58. The predicted octanol–water partition coefficient (Wildman–Crippen LogP) is 6.97. The zero-order valence-corrected chi connectivity index (χ0v) is 19.5. The average molecular weight is 415 g/mol. The van der Waals surface area contributed by atoms with Gasteiger partial charge in [0.1, 0.15) is 11.5 Å². The molecule has 1 heterocycles. The van der Waals surface area contributed by atoms with Gasteiger partial charge in [-0.25, -0.2) is 0 Å². The monoisotopic (exact) mass is 414 g/mol. The molecule has 3 aromatic rings. The highest BCUT2D eigenvalue weighted by Gasteiger charge is 2.30. The SMILES string of the molecule is CCN(CC)c1ccc2c(c1)Oc1cc(N(CC)CC)ccc1C2c1ccccc1C. The molecule has 0 aliphatic carbocycles. The van der Waals surface area contributed by atoms with Gasteiger partial charge in [-0.1, -0.05) is 36.4 Å². The maximum atomic E-state index is 6.58. The Bertz CT molecular complexity index is 989. The first-order valence-electron chi connectivity index (χ1n) is 11.6. The van der Waals surface area contributed by atoms with Crippen LogP contribution in [0.15, 0.2) is 60.7 Å². The van der Waals surface area contributed by atoms with Gasteiger partial charge < -0.3 is 14.5 Å². The highest BCUT2D eigenvalue weighted by molar-refractivity contribution is 5.66. The second kappa shape index (κ2) is 9.05. The van der Waals surface area contributed by atoms with Crippen LogP contribution in [0.1, 0.15) is 55.9 Å². The van der Waals surface area contributed by atoms with Crippen LogP contribution in [-0.4, -0.2) is 26.2 Å². The van der Waals surface area contributed by atoms with Gasteiger partial charge in [-0.05, 0) is 57.9 Å². The molecule has 0 spiro atoms. The Morgan fingerprint density at radius 1 is 0.645 bits per heavy atom. The van der Waals surface area contributed by atoms with E-state index in [9.17, 15) is 0 Å². The van der Waals surface area contributed by atoms with Gasteiger partial charge in [0.25, 0.3) is 0 Å². The Hall–Kier alpha value is -2.94. The largest absolute Gasteiger partial charge is 0.457 e. The van der Waals surface area contributed by atoms with Crippen LogP contribution in [0.3, 0.4) is 0 Å². The van der Waals surface area contributed by atoms with E-state index in [-0.39, 0.29) is 5.92 Å². The van der Waals surface area contributed by atoms with Gasteiger partial charge in [0, 0.05) is 66.7 Å². The number of nitrogens with zero attached hydrogens (tertiary/aromatic N) is 2. The molecule has 1 aliphatic heterocycles. The summed E-state index contributed by atoms with van der Waals surface area (Å²) in [4.78, 5) is 4.74. The molecule has 0 aromatic heterocycles. The molecule has 3 heteroatoms. The van der Waals surface area contributed by atoms with Crippen LogP contribution in [0.4, 0.5) is 11.4 Å². The molecule has 0 bridgehead atoms. The molecular weight excluding hydrogens is 380 g/mol. The van der Waals surface area contributed by atoms with Crippen molar-refractivity contribution in [3.05, 3.63) is 82.9 Å². The van der Waals surface area contributed by atoms with Gasteiger partial charge >= 0.3 is 0 Å². The first-order valence-corrected chi connectivity index (χ1v) is 11.6. The Kier molecular flexibility index (Phi) is 6.22. The van der Waals surface area contributed by atoms with Gasteiger partial charge in [0.05, 0.1) is 0 Å². The Labute approximate surface area is 187 Å². The molecule has 0 unspecified atom stereocenters. The number of aryl methyl sites for hydroxylation is 1. The predicted molar refractivity (Wildman–Crippen MR) is 132 cm³/mol. The summed E-state index contributed by atoms with van der Waals surface area (Å²) < 4.78 is 6.58. The third-order valence-corrected chi connectivity index (χ3v) is 6.59. The first kappa shape index (κ1) is 21.3. The van der Waals surface area contributed by atoms with Crippen molar-refractivity contribution >= 4 is 11.4 Å². The Morgan fingerprint density at radius 3 is 1.58 bits per heavy atom. The third-order valence-electron chi connectivity index (χ3n) is 6.59. The molecule has 0 saturated heterocycles. The fourth-order valence-electron chi connectivity index (χ4n) is 4.80. The molecule has 0 atom stereocenters. The zero-order valence-electron chi connectivity index (χ0n) is 19.5. The number of benzene rings is 3. The highest BCUT2D eigenvalue weighted by atomic mass is 16.5. The molecule has 0 saturated carbocycles. The highest BCUT2D eigenvalue weighted by Crippen LogP contribution is 2.49. The van der Waals surface area contributed by atoms with Crippen LogP contribution in [-0.2, 0) is 0 Å². The molecule has 3 aromatic carbocycles. The van der Waals surface area contributed by atoms with E-state index in [1.807, 2.05) is 0 Å². The Balaban J connectivity index is 1.88. The molecule has 3 nitrogen and oxygen atoms in total. The first-order chi connectivity index (χ1) is 15.1. The molecule has 1 aliphatic rings. The quantitative estimate of drug-likeness (QED) is 0.325. The Morgan fingerprint density at radius 2 is 1.13 bits per heavy atom. The lowest BCUT2D eigenvalue weighted by atomic mass is 9.80. The summed E-state index contributed by atoms with van der Waals surface area (Å²) >= 11 is 0. The number of rotatable bonds is 7. The summed E-state index contributed by atoms with van der Waals surface area (Å²) in [5, 5.41) is 0. The van der Waals surface area contributed by atoms with Crippen molar-refractivity contribution in [1.29, 1.82) is 0 Å². The van der Waals surface area contributed by atoms with E-state index in [2.05, 4.69) is 105 Å². The van der Waals surface area contributed by atoms with E-state index >= 15 is 0 Å². The van der Waals surface area contributed by atoms with Crippen LogP contribution in [0.2, 0.25) is 0 Å². The molecule has 31 heavy (non-hydrogen) atoms. The van der Waals surface area contributed by atoms with Gasteiger partial charge in [0.15, 0.2) is 0 Å². The van der Waals surface area contributed by atoms with Gasteiger partial charge in [-0.3, -0.25) is 0 Å². The summed E-state index contributed by atoms with van der Waals surface area (Å²) in [5.41, 5.74) is 7.58. The average Bonchev–Trinajstić information content (AvgIpc) is 2.79. The van der Waals surface area contributed by atoms with E-state index in [1.54, 1.807) is 0 Å². The van der Waals surface area contributed by atoms with Crippen molar-refractivity contribution in [2.75, 3.05) is 36.0 Å². The number of hydrogen-bond acceptors (Lipinski definition) is 3. The van der Waals surface area contributed by atoms with Crippen LogP contribution in [0, 0.1) is 6.92 Å². The van der Waals surface area contributed by atoms with Gasteiger partial charge in [-0.2, -0.15) is 0 Å². The number of ether oxygens (including phenoxy) is 1. The summed E-state index contributed by atoms with van der Waals surface area (Å²) in [6.07, 6.45) is 0. The van der Waals surface area contributed by atoms with Crippen molar-refractivity contribution in [3.8, 4) is 11.5 Å². The van der Waals surface area contributed by atoms with Crippen molar-refractivity contribution in [2.24, 2.45) is 0 Å². The minimum Gasteiger partial charge on any atom is -0.457 e. The summed E-state index contributed by atoms with van der Waals surface area (Å²) in [6, 6.07) is 22.2. The van der Waals surface area contributed by atoms with Crippen LogP contribution in [0.25, 0.3) is 0 Å². The van der Waals surface area contributed by atoms with E-state index < -0.39 is 0 Å². The topological polar surface area (TPSA) is 15.7 Å². The summed E-state index contributed by atoms with van der Waals surface area (Å²) in [6.45, 7) is 14.9. The van der Waals surface area contributed by atoms with Crippen molar-refractivity contribution < 1.29 is 4.74 Å². The van der Waals surface area contributed by atoms with Crippen LogP contribution < -0.4 is 14.5 Å². The lowest BCUT2D eigenvalue weighted by molar-refractivity contribution is 0.452. The van der Waals surface area contributed by atoms with Crippen molar-refractivity contribution in [3.63, 3.8) is 0 Å². The molecule has 162 valence electrons. The standard InChI is InChI=1S/C28H34N2O/c1-6-29(7-2)21-14-16-24-26(18-21)31-27-19-22(30(8-3)9-4)15-17-25(27)28(24)23-13-11-10-12-20(23)5/h10-19,28H,6-9H2,1-5H3. The molecule has 0 radical (unpaired) electrons. The van der Waals surface area contributed by atoms with E-state index in [0.29, 0.717) is 0 Å². The zero-order chi connectivity index (χ0) is 22.0. The second-order valence-corrected chi connectivity index (χ2v) is 8.18. The lowest BCUT2D eigenvalue weighted by Gasteiger charge is -2.32. The van der Waals surface area contributed by atoms with Gasteiger partial charge in [-0.15, -0.1) is 0 Å². The molecule has 0 N–H and O–H groups in total. The van der Waals surface area contributed by atoms with E-state index in [0.717, 1.165) is 37.7 Å². The van der Waals surface area contributed by atoms with Gasteiger partial charge in [0.2, 0.25) is 0 Å². The number of anilines is 2. The second-order valence-electron chi connectivity index (χ2n) is 8.18. The van der Waals surface area contributed by atoms with E-state index in [4.69, 9.17) is 4.74 Å². The minimum atomic E-state index is 0.177. The molecule has 4 rings (SSSR count). The normalized spacial score (nSPS) is 12.7. The maximum Gasteiger partial charge on any atom is 0.133 e. The smallest absolute Gasteiger partial charge is 0.133 e. The van der Waals surface area contributed by atoms with Crippen molar-refractivity contribution in [2.45, 2.75) is 40.5 Å². The fourth-order valence-corrected chi connectivity index (χ4v) is 4.80. The lowest BCUT2D eigenvalue weighted by Crippen LogP contribution is -2.23.